The monoisotopic (exact) mass is 223 g/mol. The maximum atomic E-state index is 9.16. The molecule has 2 heterocycles. The van der Waals surface area contributed by atoms with Gasteiger partial charge in [0, 0.05) is 12.6 Å². The van der Waals surface area contributed by atoms with Gasteiger partial charge in [-0.15, -0.1) is 0 Å². The Morgan fingerprint density at radius 1 is 1.44 bits per heavy atom. The number of rotatable bonds is 3. The molecule has 0 aromatic rings. The molecule has 2 rings (SSSR count). The Morgan fingerprint density at radius 2 is 2.06 bits per heavy atom. The molecule has 0 bridgehead atoms. The molecule has 16 heavy (non-hydrogen) atoms. The summed E-state index contributed by atoms with van der Waals surface area (Å²) in [5.74, 6) is 0. The molecule has 2 aliphatic rings. The van der Waals surface area contributed by atoms with Crippen LogP contribution in [0.2, 0.25) is 0 Å². The first-order valence-corrected chi connectivity index (χ1v) is 6.03. The molecule has 0 amide bonds. The van der Waals surface area contributed by atoms with Crippen molar-refractivity contribution in [1.82, 2.24) is 9.80 Å². The molecule has 0 aromatic heterocycles. The fourth-order valence-corrected chi connectivity index (χ4v) is 2.58. The first-order valence-electron chi connectivity index (χ1n) is 6.03. The van der Waals surface area contributed by atoms with E-state index in [9.17, 15) is 0 Å². The summed E-state index contributed by atoms with van der Waals surface area (Å²) in [5.41, 5.74) is -0.224. The predicted molar refractivity (Wildman–Crippen MR) is 62.0 cm³/mol. The molecule has 0 unspecified atom stereocenters. The summed E-state index contributed by atoms with van der Waals surface area (Å²) >= 11 is 0. The molecule has 4 heteroatoms. The molecule has 90 valence electrons. The van der Waals surface area contributed by atoms with Gasteiger partial charge in [0.1, 0.15) is 5.41 Å². The van der Waals surface area contributed by atoms with E-state index >= 15 is 0 Å². The van der Waals surface area contributed by atoms with Gasteiger partial charge in [0.25, 0.3) is 0 Å². The second-order valence-electron chi connectivity index (χ2n) is 5.33. The minimum Gasteiger partial charge on any atom is -0.378 e. The Morgan fingerprint density at radius 3 is 2.50 bits per heavy atom. The topological polar surface area (TPSA) is 39.5 Å². The summed E-state index contributed by atoms with van der Waals surface area (Å²) in [4.78, 5) is 4.73. The molecule has 0 atom stereocenters. The molecule has 2 aliphatic heterocycles. The smallest absolute Gasteiger partial charge is 0.116 e. The van der Waals surface area contributed by atoms with E-state index in [2.05, 4.69) is 30.0 Å². The summed E-state index contributed by atoms with van der Waals surface area (Å²) in [7, 11) is 4.32. The second-order valence-corrected chi connectivity index (χ2v) is 5.33. The highest BCUT2D eigenvalue weighted by Gasteiger charge is 2.41. The molecule has 0 aliphatic carbocycles. The maximum Gasteiger partial charge on any atom is 0.116 e. The number of nitrogens with zero attached hydrogens (tertiary/aromatic N) is 3. The SMILES string of the molecule is CN1CCC(N(C)CC2(C#N)COC2)CC1. The van der Waals surface area contributed by atoms with Crippen molar-refractivity contribution in [2.24, 2.45) is 5.41 Å². The van der Waals surface area contributed by atoms with Crippen molar-refractivity contribution in [1.29, 1.82) is 5.26 Å². The third-order valence-corrected chi connectivity index (χ3v) is 3.86. The highest BCUT2D eigenvalue weighted by molar-refractivity contribution is 5.05. The van der Waals surface area contributed by atoms with Crippen molar-refractivity contribution in [2.45, 2.75) is 18.9 Å². The van der Waals surface area contributed by atoms with Crippen LogP contribution < -0.4 is 0 Å². The highest BCUT2D eigenvalue weighted by atomic mass is 16.5. The first-order chi connectivity index (χ1) is 7.65. The quantitative estimate of drug-likeness (QED) is 0.700. The van der Waals surface area contributed by atoms with Gasteiger partial charge in [-0.25, -0.2) is 0 Å². The zero-order valence-electron chi connectivity index (χ0n) is 10.3. The number of ether oxygens (including phenoxy) is 1. The van der Waals surface area contributed by atoms with Gasteiger partial charge in [-0.05, 0) is 40.0 Å². The van der Waals surface area contributed by atoms with E-state index in [0.29, 0.717) is 19.3 Å². The van der Waals surface area contributed by atoms with Crippen LogP contribution in [-0.2, 0) is 4.74 Å². The van der Waals surface area contributed by atoms with Gasteiger partial charge in [-0.3, -0.25) is 0 Å². The fourth-order valence-electron chi connectivity index (χ4n) is 2.58. The summed E-state index contributed by atoms with van der Waals surface area (Å²) in [6.45, 7) is 4.43. The zero-order chi connectivity index (χ0) is 11.6. The highest BCUT2D eigenvalue weighted by Crippen LogP contribution is 2.29. The lowest BCUT2D eigenvalue weighted by Gasteiger charge is -2.42. The van der Waals surface area contributed by atoms with Crippen LogP contribution in [0, 0.1) is 16.7 Å². The third-order valence-electron chi connectivity index (χ3n) is 3.86. The Bertz CT molecular complexity index is 274. The van der Waals surface area contributed by atoms with E-state index < -0.39 is 0 Å². The van der Waals surface area contributed by atoms with E-state index in [-0.39, 0.29) is 5.41 Å². The lowest BCUT2D eigenvalue weighted by molar-refractivity contribution is -0.0943. The first kappa shape index (κ1) is 11.8. The molecule has 0 radical (unpaired) electrons. The Balaban J connectivity index is 1.84. The van der Waals surface area contributed by atoms with Crippen molar-refractivity contribution < 1.29 is 4.74 Å². The van der Waals surface area contributed by atoms with E-state index in [1.165, 1.54) is 25.9 Å². The number of hydrogen-bond acceptors (Lipinski definition) is 4. The largest absolute Gasteiger partial charge is 0.378 e. The predicted octanol–water partition coefficient (Wildman–Crippen LogP) is 0.553. The van der Waals surface area contributed by atoms with Gasteiger partial charge in [0.15, 0.2) is 0 Å². The van der Waals surface area contributed by atoms with Gasteiger partial charge in [0.2, 0.25) is 0 Å². The standard InChI is InChI=1S/C12H21N3O/c1-14-5-3-11(4-6-14)15(2)8-12(7-13)9-16-10-12/h11H,3-6,8-10H2,1-2H3. The number of hydrogen-bond donors (Lipinski definition) is 0. The van der Waals surface area contributed by atoms with Gasteiger partial charge in [-0.2, -0.15) is 5.26 Å². The summed E-state index contributed by atoms with van der Waals surface area (Å²) in [6.07, 6.45) is 2.44. The molecule has 0 aromatic carbocycles. The zero-order valence-corrected chi connectivity index (χ0v) is 10.3. The molecule has 2 fully saturated rings. The molecule has 4 nitrogen and oxygen atoms in total. The molecular weight excluding hydrogens is 202 g/mol. The molecule has 0 saturated carbocycles. The lowest BCUT2D eigenvalue weighted by Crippen LogP contribution is -2.52. The Labute approximate surface area is 97.8 Å². The van der Waals surface area contributed by atoms with E-state index in [1.807, 2.05) is 0 Å². The molecule has 0 N–H and O–H groups in total. The van der Waals surface area contributed by atoms with Crippen LogP contribution in [0.4, 0.5) is 0 Å². The van der Waals surface area contributed by atoms with Crippen LogP contribution in [0.15, 0.2) is 0 Å². The average Bonchev–Trinajstić information content (AvgIpc) is 2.24. The molecular formula is C12H21N3O. The second kappa shape index (κ2) is 4.70. The number of likely N-dealkylation sites (tertiary alicyclic amines) is 1. The van der Waals surface area contributed by atoms with Gasteiger partial charge in [0.05, 0.1) is 19.3 Å². The molecule has 2 saturated heterocycles. The van der Waals surface area contributed by atoms with Crippen LogP contribution in [-0.4, -0.2) is 62.8 Å². The molecule has 0 spiro atoms. The number of piperidine rings is 1. The average molecular weight is 223 g/mol. The van der Waals surface area contributed by atoms with E-state index in [4.69, 9.17) is 10.00 Å². The van der Waals surface area contributed by atoms with Crippen LogP contribution in [0.25, 0.3) is 0 Å². The van der Waals surface area contributed by atoms with Gasteiger partial charge in [-0.1, -0.05) is 0 Å². The van der Waals surface area contributed by atoms with Gasteiger partial charge < -0.3 is 14.5 Å². The lowest BCUT2D eigenvalue weighted by atomic mass is 9.86. The minimum atomic E-state index is -0.224. The van der Waals surface area contributed by atoms with Crippen molar-refractivity contribution in [3.63, 3.8) is 0 Å². The fraction of sp³-hybridized carbons (Fsp3) is 0.917. The van der Waals surface area contributed by atoms with E-state index in [1.54, 1.807) is 0 Å². The summed E-state index contributed by atoms with van der Waals surface area (Å²) < 4.78 is 5.18. The minimum absolute atomic E-state index is 0.224. The van der Waals surface area contributed by atoms with Crippen molar-refractivity contribution in [3.05, 3.63) is 0 Å². The van der Waals surface area contributed by atoms with Crippen molar-refractivity contribution in [2.75, 3.05) is 46.9 Å². The maximum absolute atomic E-state index is 9.16. The van der Waals surface area contributed by atoms with Crippen LogP contribution in [0.5, 0.6) is 0 Å². The van der Waals surface area contributed by atoms with Gasteiger partial charge >= 0.3 is 0 Å². The Hall–Kier alpha value is -0.630. The third kappa shape index (κ3) is 2.37. The van der Waals surface area contributed by atoms with E-state index in [0.717, 1.165) is 6.54 Å². The normalized spacial score (nSPS) is 26.4. The van der Waals surface area contributed by atoms with Crippen LogP contribution in [0.1, 0.15) is 12.8 Å². The van der Waals surface area contributed by atoms with Crippen LogP contribution >= 0.6 is 0 Å². The number of nitriles is 1. The van der Waals surface area contributed by atoms with Crippen molar-refractivity contribution >= 4 is 0 Å². The summed E-state index contributed by atoms with van der Waals surface area (Å²) in [5, 5.41) is 9.16. The Kier molecular flexibility index (Phi) is 3.48. The van der Waals surface area contributed by atoms with Crippen LogP contribution in [0.3, 0.4) is 0 Å². The summed E-state index contributed by atoms with van der Waals surface area (Å²) in [6, 6.07) is 3.06. The van der Waals surface area contributed by atoms with Crippen molar-refractivity contribution in [3.8, 4) is 6.07 Å².